The predicted molar refractivity (Wildman–Crippen MR) is 156 cm³/mol. The minimum atomic E-state index is -4.15. The van der Waals surface area contributed by atoms with Crippen LogP contribution in [0.1, 0.15) is 47.4 Å². The first-order valence-electron chi connectivity index (χ1n) is 13.2. The predicted octanol–water partition coefficient (Wildman–Crippen LogP) is 5.90. The molecule has 7 nitrogen and oxygen atoms in total. The summed E-state index contributed by atoms with van der Waals surface area (Å²) in [4.78, 5) is 26.0. The van der Waals surface area contributed by atoms with Crippen LogP contribution in [0.5, 0.6) is 0 Å². The van der Waals surface area contributed by atoms with Gasteiger partial charge in [-0.3, -0.25) is 0 Å². The average Bonchev–Trinajstić information content (AvgIpc) is 3.23. The Morgan fingerprint density at radius 2 is 1.35 bits per heavy atom. The summed E-state index contributed by atoms with van der Waals surface area (Å²) in [5, 5.41) is 0.694. The number of nitrogens with zero attached hydrogens (tertiary/aromatic N) is 1. The number of hydrogen-bond acceptors (Lipinski definition) is 6. The van der Waals surface area contributed by atoms with Crippen LogP contribution in [-0.4, -0.2) is 37.5 Å². The minimum Gasteiger partial charge on any atom is -0.462 e. The molecule has 4 aromatic rings. The molecule has 0 saturated heterocycles. The number of benzene rings is 3. The highest BCUT2D eigenvalue weighted by molar-refractivity contribution is 7.90. The van der Waals surface area contributed by atoms with Gasteiger partial charge >= 0.3 is 11.9 Å². The Morgan fingerprint density at radius 3 is 1.93 bits per heavy atom. The number of esters is 2. The molecule has 0 atom stereocenters. The van der Waals surface area contributed by atoms with Crippen molar-refractivity contribution in [3.63, 3.8) is 0 Å². The molecule has 208 valence electrons. The number of hydrogen-bond donors (Lipinski definition) is 0. The van der Waals surface area contributed by atoms with Crippen molar-refractivity contribution in [2.24, 2.45) is 0 Å². The Bertz CT molecular complexity index is 1670. The Kier molecular flexibility index (Phi) is 8.59. The fraction of sp³-hybridized carbons (Fsp3) is 0.250. The van der Waals surface area contributed by atoms with Crippen LogP contribution in [0, 0.1) is 20.8 Å². The third-order valence-electron chi connectivity index (χ3n) is 6.72. The molecule has 4 rings (SSSR count). The second-order valence-electron chi connectivity index (χ2n) is 9.52. The third-order valence-corrected chi connectivity index (χ3v) is 8.47. The maximum absolute atomic E-state index is 14.2. The molecular formula is C32H33NO6S. The summed E-state index contributed by atoms with van der Waals surface area (Å²) >= 11 is 0. The van der Waals surface area contributed by atoms with E-state index >= 15 is 0 Å². The number of ether oxygens (including phenoxy) is 2. The van der Waals surface area contributed by atoms with E-state index in [0.717, 1.165) is 22.3 Å². The van der Waals surface area contributed by atoms with Crippen LogP contribution in [-0.2, 0) is 35.5 Å². The molecule has 40 heavy (non-hydrogen) atoms. The highest BCUT2D eigenvalue weighted by Crippen LogP contribution is 2.35. The van der Waals surface area contributed by atoms with E-state index in [4.69, 9.17) is 9.47 Å². The number of fused-ring (bicyclic) bond motifs is 1. The molecule has 0 radical (unpaired) electrons. The van der Waals surface area contributed by atoms with Gasteiger partial charge in [-0.05, 0) is 81.1 Å². The van der Waals surface area contributed by atoms with Gasteiger partial charge in [-0.2, -0.15) is 0 Å². The van der Waals surface area contributed by atoms with Crippen molar-refractivity contribution in [1.29, 1.82) is 0 Å². The highest BCUT2D eigenvalue weighted by atomic mass is 32.2. The summed E-state index contributed by atoms with van der Waals surface area (Å²) in [5.41, 5.74) is 5.19. The van der Waals surface area contributed by atoms with E-state index in [2.05, 4.69) is 12.1 Å². The maximum Gasteiger partial charge on any atom is 0.345 e. The molecule has 0 aliphatic rings. The van der Waals surface area contributed by atoms with Crippen LogP contribution in [0.2, 0.25) is 0 Å². The van der Waals surface area contributed by atoms with E-state index in [1.54, 1.807) is 44.2 Å². The SMILES string of the molecule is CCOC(=O)C(=Cc1c(Cc2c(C)cc(C)cc2C)c2ccccc2n1S(=O)(=O)c1ccccc1)C(=O)OCC. The molecule has 0 fully saturated rings. The monoisotopic (exact) mass is 559 g/mol. The van der Waals surface area contributed by atoms with Crippen LogP contribution in [0.25, 0.3) is 17.0 Å². The van der Waals surface area contributed by atoms with Crippen molar-refractivity contribution in [3.8, 4) is 0 Å². The van der Waals surface area contributed by atoms with Gasteiger partial charge in [0.25, 0.3) is 10.0 Å². The van der Waals surface area contributed by atoms with Gasteiger partial charge in [0, 0.05) is 11.8 Å². The van der Waals surface area contributed by atoms with E-state index in [1.807, 2.05) is 32.9 Å². The van der Waals surface area contributed by atoms with Crippen molar-refractivity contribution >= 4 is 38.9 Å². The highest BCUT2D eigenvalue weighted by Gasteiger charge is 2.29. The molecule has 0 amide bonds. The molecular weight excluding hydrogens is 526 g/mol. The molecule has 8 heteroatoms. The quantitative estimate of drug-likeness (QED) is 0.110. The third kappa shape index (κ3) is 5.58. The van der Waals surface area contributed by atoms with Crippen molar-refractivity contribution < 1.29 is 27.5 Å². The second-order valence-corrected chi connectivity index (χ2v) is 11.3. The maximum atomic E-state index is 14.2. The lowest BCUT2D eigenvalue weighted by molar-refractivity contribution is -0.146. The van der Waals surface area contributed by atoms with Crippen LogP contribution in [0.4, 0.5) is 0 Å². The molecule has 0 N–H and O–H groups in total. The van der Waals surface area contributed by atoms with Gasteiger partial charge in [0.15, 0.2) is 0 Å². The Balaban J connectivity index is 2.13. The van der Waals surface area contributed by atoms with Crippen LogP contribution in [0.3, 0.4) is 0 Å². The lowest BCUT2D eigenvalue weighted by Crippen LogP contribution is -2.20. The first-order valence-corrected chi connectivity index (χ1v) is 14.6. The van der Waals surface area contributed by atoms with E-state index in [-0.39, 0.29) is 29.4 Å². The number of para-hydroxylation sites is 1. The molecule has 0 unspecified atom stereocenters. The largest absolute Gasteiger partial charge is 0.462 e. The van der Waals surface area contributed by atoms with E-state index < -0.39 is 22.0 Å². The van der Waals surface area contributed by atoms with Gasteiger partial charge in [0.05, 0.1) is 29.3 Å². The van der Waals surface area contributed by atoms with Crippen LogP contribution >= 0.6 is 0 Å². The van der Waals surface area contributed by atoms with Crippen LogP contribution < -0.4 is 0 Å². The minimum absolute atomic E-state index is 0.0372. The zero-order valence-corrected chi connectivity index (χ0v) is 24.2. The topological polar surface area (TPSA) is 91.7 Å². The number of aryl methyl sites for hydroxylation is 3. The Labute approximate surface area is 235 Å². The molecule has 1 aromatic heterocycles. The van der Waals surface area contributed by atoms with Crippen molar-refractivity contribution in [2.75, 3.05) is 13.2 Å². The zero-order valence-electron chi connectivity index (χ0n) is 23.4. The summed E-state index contributed by atoms with van der Waals surface area (Å²) in [7, 11) is -4.15. The van der Waals surface area contributed by atoms with Crippen molar-refractivity contribution in [2.45, 2.75) is 45.9 Å². The smallest absolute Gasteiger partial charge is 0.345 e. The molecule has 3 aromatic carbocycles. The number of rotatable bonds is 9. The van der Waals surface area contributed by atoms with Gasteiger partial charge < -0.3 is 9.47 Å². The molecule has 0 spiro atoms. The summed E-state index contributed by atoms with van der Waals surface area (Å²) in [6.07, 6.45) is 1.67. The van der Waals surface area contributed by atoms with Gasteiger partial charge in [-0.15, -0.1) is 0 Å². The van der Waals surface area contributed by atoms with Crippen LogP contribution in [0.15, 0.2) is 77.2 Å². The number of carbonyl (C=O) groups is 2. The summed E-state index contributed by atoms with van der Waals surface area (Å²) < 4.78 is 39.9. The second kappa shape index (κ2) is 11.9. The van der Waals surface area contributed by atoms with Crippen molar-refractivity contribution in [3.05, 3.63) is 106 Å². The first-order chi connectivity index (χ1) is 19.1. The first kappa shape index (κ1) is 28.8. The fourth-order valence-corrected chi connectivity index (χ4v) is 6.56. The molecule has 0 saturated carbocycles. The lowest BCUT2D eigenvalue weighted by Gasteiger charge is -2.14. The molecule has 0 aliphatic heterocycles. The van der Waals surface area contributed by atoms with Gasteiger partial charge in [-0.25, -0.2) is 22.0 Å². The van der Waals surface area contributed by atoms with E-state index in [0.29, 0.717) is 22.9 Å². The number of aromatic nitrogens is 1. The molecule has 0 bridgehead atoms. The molecule has 1 heterocycles. The molecule has 0 aliphatic carbocycles. The van der Waals surface area contributed by atoms with E-state index in [9.17, 15) is 18.0 Å². The van der Waals surface area contributed by atoms with E-state index in [1.165, 1.54) is 22.2 Å². The summed E-state index contributed by atoms with van der Waals surface area (Å²) in [6.45, 7) is 9.41. The summed E-state index contributed by atoms with van der Waals surface area (Å²) in [6, 6.07) is 19.4. The number of carbonyl (C=O) groups excluding carboxylic acids is 2. The normalized spacial score (nSPS) is 11.3. The van der Waals surface area contributed by atoms with Gasteiger partial charge in [0.2, 0.25) is 0 Å². The van der Waals surface area contributed by atoms with Gasteiger partial charge in [0.1, 0.15) is 5.57 Å². The fourth-order valence-electron chi connectivity index (χ4n) is 5.01. The lowest BCUT2D eigenvalue weighted by atomic mass is 9.92. The van der Waals surface area contributed by atoms with Gasteiger partial charge in [-0.1, -0.05) is 54.1 Å². The Morgan fingerprint density at radius 1 is 0.800 bits per heavy atom. The average molecular weight is 560 g/mol. The summed E-state index contributed by atoms with van der Waals surface area (Å²) in [5.74, 6) is -1.77. The zero-order chi connectivity index (χ0) is 29.0. The standard InChI is InChI=1S/C32H33NO6S/c1-6-38-31(34)28(32(35)39-7-2)20-30-27(19-26-22(4)17-21(3)18-23(26)5)25-15-11-12-16-29(25)33(30)40(36,37)24-13-9-8-10-14-24/h8-18,20H,6-7,19H2,1-5H3. The van der Waals surface area contributed by atoms with Crippen molar-refractivity contribution in [1.82, 2.24) is 3.97 Å². The Hall–Kier alpha value is -4.17.